The third kappa shape index (κ3) is 3.35. The summed E-state index contributed by atoms with van der Waals surface area (Å²) < 4.78 is 18.0. The first-order chi connectivity index (χ1) is 11.2. The van der Waals surface area contributed by atoms with Crippen LogP contribution in [0.2, 0.25) is 0 Å². The molecule has 7 heteroatoms. The van der Waals surface area contributed by atoms with Gasteiger partial charge in [0.25, 0.3) is 0 Å². The Morgan fingerprint density at radius 3 is 2.70 bits per heavy atom. The molecule has 0 radical (unpaired) electrons. The fourth-order valence-corrected chi connectivity index (χ4v) is 2.23. The minimum absolute atomic E-state index is 0.162. The van der Waals surface area contributed by atoms with Crippen molar-refractivity contribution in [2.75, 3.05) is 31.3 Å². The van der Waals surface area contributed by atoms with Gasteiger partial charge in [0, 0.05) is 25.4 Å². The molecule has 0 saturated carbocycles. The number of ether oxygens (including phenoxy) is 1. The van der Waals surface area contributed by atoms with Gasteiger partial charge in [0.1, 0.15) is 11.3 Å². The van der Waals surface area contributed by atoms with Gasteiger partial charge < -0.3 is 15.8 Å². The molecule has 2 aromatic heterocycles. The van der Waals surface area contributed by atoms with Gasteiger partial charge in [-0.05, 0) is 23.8 Å². The van der Waals surface area contributed by atoms with Gasteiger partial charge >= 0.3 is 0 Å². The molecule has 3 rings (SSSR count). The van der Waals surface area contributed by atoms with E-state index in [-0.39, 0.29) is 11.8 Å². The lowest BCUT2D eigenvalue weighted by Gasteiger charge is -2.09. The summed E-state index contributed by atoms with van der Waals surface area (Å²) in [5.74, 6) is 0.448. The average Bonchev–Trinajstić information content (AvgIpc) is 2.55. The molecule has 0 fully saturated rings. The second kappa shape index (κ2) is 6.53. The van der Waals surface area contributed by atoms with Gasteiger partial charge in [-0.15, -0.1) is 0 Å². The van der Waals surface area contributed by atoms with Crippen LogP contribution in [-0.2, 0) is 4.74 Å². The molecular formula is C16H16FN5O. The molecule has 3 N–H and O–H groups in total. The maximum absolute atomic E-state index is 13.0. The predicted octanol–water partition coefficient (Wildman–Crippen LogP) is 2.47. The highest BCUT2D eigenvalue weighted by atomic mass is 19.1. The van der Waals surface area contributed by atoms with Crippen LogP contribution in [0.15, 0.2) is 36.5 Å². The Balaban J connectivity index is 2.00. The molecule has 0 bridgehead atoms. The van der Waals surface area contributed by atoms with E-state index in [2.05, 4.69) is 20.3 Å². The summed E-state index contributed by atoms with van der Waals surface area (Å²) in [5, 5.41) is 3.13. The third-order valence-corrected chi connectivity index (χ3v) is 3.33. The van der Waals surface area contributed by atoms with E-state index in [9.17, 15) is 4.39 Å². The number of rotatable bonds is 5. The van der Waals surface area contributed by atoms with Gasteiger partial charge in [-0.3, -0.25) is 4.98 Å². The molecule has 3 aromatic rings. The third-order valence-electron chi connectivity index (χ3n) is 3.33. The molecule has 6 nitrogen and oxygen atoms in total. The Kier molecular flexibility index (Phi) is 4.29. The number of halogens is 1. The molecule has 0 aliphatic heterocycles. The Hall–Kier alpha value is -2.80. The van der Waals surface area contributed by atoms with E-state index in [1.54, 1.807) is 25.4 Å². The topological polar surface area (TPSA) is 86.0 Å². The van der Waals surface area contributed by atoms with Crippen LogP contribution in [-0.4, -0.2) is 35.2 Å². The Morgan fingerprint density at radius 1 is 1.17 bits per heavy atom. The number of anilines is 2. The van der Waals surface area contributed by atoms with Crippen molar-refractivity contribution in [3.8, 4) is 11.1 Å². The molecule has 0 spiro atoms. The highest BCUT2D eigenvalue weighted by molar-refractivity contribution is 5.88. The summed E-state index contributed by atoms with van der Waals surface area (Å²) in [7, 11) is 1.63. The zero-order valence-corrected chi connectivity index (χ0v) is 12.6. The molecule has 118 valence electrons. The predicted molar refractivity (Wildman–Crippen MR) is 87.5 cm³/mol. The van der Waals surface area contributed by atoms with Crippen LogP contribution in [0.4, 0.5) is 16.2 Å². The summed E-state index contributed by atoms with van der Waals surface area (Å²) in [4.78, 5) is 12.8. The number of nitrogen functional groups attached to an aromatic ring is 1. The Morgan fingerprint density at radius 2 is 1.96 bits per heavy atom. The van der Waals surface area contributed by atoms with Crippen molar-refractivity contribution in [1.82, 2.24) is 15.0 Å². The summed E-state index contributed by atoms with van der Waals surface area (Å²) in [6.45, 7) is 1.13. The van der Waals surface area contributed by atoms with Crippen LogP contribution in [0.1, 0.15) is 0 Å². The first-order valence-electron chi connectivity index (χ1n) is 7.09. The standard InChI is InChI=1S/C16H16FN5O/c1-23-7-6-19-15-14-13(21-16(18)22-15)8-11(9-20-14)10-2-4-12(17)5-3-10/h2-5,8-9H,6-7H2,1H3,(H3,18,19,21,22). The fraction of sp³-hybridized carbons (Fsp3) is 0.188. The highest BCUT2D eigenvalue weighted by Crippen LogP contribution is 2.25. The van der Waals surface area contributed by atoms with Crippen LogP contribution in [0.25, 0.3) is 22.2 Å². The van der Waals surface area contributed by atoms with Crippen molar-refractivity contribution in [3.05, 3.63) is 42.3 Å². The van der Waals surface area contributed by atoms with Gasteiger partial charge in [0.2, 0.25) is 5.95 Å². The van der Waals surface area contributed by atoms with E-state index in [0.29, 0.717) is 30.0 Å². The zero-order chi connectivity index (χ0) is 16.2. The summed E-state index contributed by atoms with van der Waals surface area (Å²) >= 11 is 0. The van der Waals surface area contributed by atoms with Crippen molar-refractivity contribution < 1.29 is 9.13 Å². The van der Waals surface area contributed by atoms with Crippen molar-refractivity contribution >= 4 is 22.8 Å². The monoisotopic (exact) mass is 313 g/mol. The molecule has 0 aliphatic carbocycles. The summed E-state index contributed by atoms with van der Waals surface area (Å²) in [6.07, 6.45) is 1.70. The quantitative estimate of drug-likeness (QED) is 0.704. The lowest BCUT2D eigenvalue weighted by molar-refractivity contribution is 0.210. The first-order valence-corrected chi connectivity index (χ1v) is 7.09. The van der Waals surface area contributed by atoms with Gasteiger partial charge in [-0.25, -0.2) is 9.37 Å². The maximum atomic E-state index is 13.0. The number of nitrogens with zero attached hydrogens (tertiary/aromatic N) is 3. The second-order valence-corrected chi connectivity index (χ2v) is 4.95. The van der Waals surface area contributed by atoms with E-state index in [0.717, 1.165) is 11.1 Å². The number of benzene rings is 1. The van der Waals surface area contributed by atoms with E-state index in [4.69, 9.17) is 10.5 Å². The molecular weight excluding hydrogens is 297 g/mol. The highest BCUT2D eigenvalue weighted by Gasteiger charge is 2.09. The van der Waals surface area contributed by atoms with Crippen LogP contribution in [0.5, 0.6) is 0 Å². The second-order valence-electron chi connectivity index (χ2n) is 4.95. The lowest BCUT2D eigenvalue weighted by atomic mass is 10.1. The number of hydrogen-bond donors (Lipinski definition) is 2. The van der Waals surface area contributed by atoms with Crippen LogP contribution in [0.3, 0.4) is 0 Å². The molecule has 0 atom stereocenters. The summed E-state index contributed by atoms with van der Waals surface area (Å²) in [5.41, 5.74) is 8.70. The minimum atomic E-state index is -0.279. The number of pyridine rings is 1. The molecule has 1 aromatic carbocycles. The number of nitrogens with one attached hydrogen (secondary N) is 1. The average molecular weight is 313 g/mol. The Bertz CT molecular complexity index is 823. The zero-order valence-electron chi connectivity index (χ0n) is 12.6. The number of aromatic nitrogens is 3. The first kappa shape index (κ1) is 15.1. The SMILES string of the molecule is COCCNc1nc(N)nc2cc(-c3ccc(F)cc3)cnc12. The van der Waals surface area contributed by atoms with Crippen molar-refractivity contribution in [2.45, 2.75) is 0 Å². The van der Waals surface area contributed by atoms with E-state index < -0.39 is 0 Å². The summed E-state index contributed by atoms with van der Waals surface area (Å²) in [6, 6.07) is 8.06. The lowest BCUT2D eigenvalue weighted by Crippen LogP contribution is -2.11. The van der Waals surface area contributed by atoms with Crippen molar-refractivity contribution in [1.29, 1.82) is 0 Å². The van der Waals surface area contributed by atoms with Gasteiger partial charge in [-0.1, -0.05) is 12.1 Å². The number of methoxy groups -OCH3 is 1. The maximum Gasteiger partial charge on any atom is 0.222 e. The molecule has 23 heavy (non-hydrogen) atoms. The van der Waals surface area contributed by atoms with Crippen molar-refractivity contribution in [2.24, 2.45) is 0 Å². The Labute approximate surface area is 132 Å². The molecule has 0 amide bonds. The number of fused-ring (bicyclic) bond motifs is 1. The van der Waals surface area contributed by atoms with Crippen molar-refractivity contribution in [3.63, 3.8) is 0 Å². The van der Waals surface area contributed by atoms with Gasteiger partial charge in [-0.2, -0.15) is 4.98 Å². The fourth-order valence-electron chi connectivity index (χ4n) is 2.23. The van der Waals surface area contributed by atoms with Crippen LogP contribution in [0, 0.1) is 5.82 Å². The normalized spacial score (nSPS) is 10.9. The molecule has 0 saturated heterocycles. The molecule has 2 heterocycles. The van der Waals surface area contributed by atoms with E-state index in [1.165, 1.54) is 12.1 Å². The number of nitrogens with two attached hydrogens (primary N) is 1. The van der Waals surface area contributed by atoms with E-state index >= 15 is 0 Å². The smallest absolute Gasteiger partial charge is 0.222 e. The number of hydrogen-bond acceptors (Lipinski definition) is 6. The van der Waals surface area contributed by atoms with Gasteiger partial charge in [0.15, 0.2) is 5.82 Å². The largest absolute Gasteiger partial charge is 0.383 e. The minimum Gasteiger partial charge on any atom is -0.383 e. The van der Waals surface area contributed by atoms with Crippen LogP contribution >= 0.6 is 0 Å². The molecule has 0 unspecified atom stereocenters. The van der Waals surface area contributed by atoms with Crippen LogP contribution < -0.4 is 11.1 Å². The van der Waals surface area contributed by atoms with Gasteiger partial charge in [0.05, 0.1) is 12.1 Å². The molecule has 0 aliphatic rings. The van der Waals surface area contributed by atoms with E-state index in [1.807, 2.05) is 6.07 Å².